The summed E-state index contributed by atoms with van der Waals surface area (Å²) >= 11 is 0. The molecule has 0 saturated carbocycles. The van der Waals surface area contributed by atoms with E-state index >= 15 is 0 Å². The maximum atomic E-state index is 12.7. The number of amidine groups is 1. The standard InChI is InChI=1S/C29H31N5O5/c1-38-26(35)19-33-14-12-32(13-15-33)17-25-18-34(29(37)39-25)24-10-8-21(9-11-24)27(30)31-28(36)23-7-6-20-4-2-3-5-22(20)16-23/h2-11,16,25H,12-15,17-19H2,1H3,(H2,30,31,36). The fourth-order valence-electron chi connectivity index (χ4n) is 4.89. The van der Waals surface area contributed by atoms with Crippen LogP contribution in [0.2, 0.25) is 0 Å². The number of ether oxygens (including phenoxy) is 2. The van der Waals surface area contributed by atoms with E-state index in [0.717, 1.165) is 37.0 Å². The number of amides is 2. The molecule has 2 fully saturated rings. The normalized spacial score (nSPS) is 18.1. The highest BCUT2D eigenvalue weighted by Gasteiger charge is 2.34. The molecule has 39 heavy (non-hydrogen) atoms. The highest BCUT2D eigenvalue weighted by atomic mass is 16.6. The van der Waals surface area contributed by atoms with Crippen LogP contribution in [0.3, 0.4) is 0 Å². The first-order valence-corrected chi connectivity index (χ1v) is 12.9. The van der Waals surface area contributed by atoms with Gasteiger partial charge in [0, 0.05) is 49.5 Å². The number of piperazine rings is 1. The lowest BCUT2D eigenvalue weighted by atomic mass is 10.1. The Labute approximate surface area is 226 Å². The van der Waals surface area contributed by atoms with Crippen molar-refractivity contribution in [3.05, 3.63) is 77.9 Å². The molecule has 0 aromatic heterocycles. The van der Waals surface area contributed by atoms with Crippen molar-refractivity contribution in [3.8, 4) is 0 Å². The molecule has 1 atom stereocenters. The number of carbonyl (C=O) groups excluding carboxylic acids is 3. The Kier molecular flexibility index (Phi) is 7.85. The molecule has 3 aromatic rings. The number of esters is 1. The molecule has 0 spiro atoms. The number of carbonyl (C=O) groups is 3. The first kappa shape index (κ1) is 26.3. The van der Waals surface area contributed by atoms with Gasteiger partial charge in [-0.1, -0.05) is 30.3 Å². The lowest BCUT2D eigenvalue weighted by molar-refractivity contribution is -0.142. The molecule has 10 nitrogen and oxygen atoms in total. The molecule has 3 aromatic carbocycles. The third-order valence-corrected chi connectivity index (χ3v) is 7.10. The van der Waals surface area contributed by atoms with Crippen LogP contribution in [0, 0.1) is 5.41 Å². The predicted molar refractivity (Wildman–Crippen MR) is 147 cm³/mol. The van der Waals surface area contributed by atoms with Gasteiger partial charge >= 0.3 is 12.1 Å². The summed E-state index contributed by atoms with van der Waals surface area (Å²) in [5.41, 5.74) is 1.68. The quantitative estimate of drug-likeness (QED) is 0.275. The SMILES string of the molecule is COC(=O)CN1CCN(CC2CN(c3ccc(C(=N)NC(=O)c4ccc5ccccc5c4)cc3)C(=O)O2)CC1. The Morgan fingerprint density at radius 1 is 0.949 bits per heavy atom. The van der Waals surface area contributed by atoms with E-state index in [1.165, 1.54) is 7.11 Å². The molecule has 2 aliphatic heterocycles. The van der Waals surface area contributed by atoms with E-state index in [4.69, 9.17) is 14.9 Å². The van der Waals surface area contributed by atoms with Gasteiger partial charge in [-0.15, -0.1) is 0 Å². The highest BCUT2D eigenvalue weighted by Crippen LogP contribution is 2.23. The Balaban J connectivity index is 1.13. The summed E-state index contributed by atoms with van der Waals surface area (Å²) in [6, 6.07) is 20.1. The van der Waals surface area contributed by atoms with Gasteiger partial charge in [-0.2, -0.15) is 0 Å². The van der Waals surface area contributed by atoms with Crippen LogP contribution in [0.25, 0.3) is 10.8 Å². The molecule has 0 bridgehead atoms. The van der Waals surface area contributed by atoms with E-state index < -0.39 is 6.09 Å². The number of benzene rings is 3. The summed E-state index contributed by atoms with van der Waals surface area (Å²) in [5, 5.41) is 13.0. The van der Waals surface area contributed by atoms with Crippen molar-refractivity contribution >= 4 is 40.3 Å². The van der Waals surface area contributed by atoms with Gasteiger partial charge in [0.25, 0.3) is 5.91 Å². The monoisotopic (exact) mass is 529 g/mol. The number of hydrogen-bond acceptors (Lipinski definition) is 8. The van der Waals surface area contributed by atoms with E-state index in [9.17, 15) is 14.4 Å². The van der Waals surface area contributed by atoms with Crippen LogP contribution in [-0.4, -0.2) is 92.6 Å². The van der Waals surface area contributed by atoms with Crippen molar-refractivity contribution in [1.82, 2.24) is 15.1 Å². The second-order valence-electron chi connectivity index (χ2n) is 9.71. The Morgan fingerprint density at radius 3 is 2.33 bits per heavy atom. The van der Waals surface area contributed by atoms with Crippen LogP contribution in [0.4, 0.5) is 10.5 Å². The van der Waals surface area contributed by atoms with Crippen molar-refractivity contribution < 1.29 is 23.9 Å². The molecule has 1 unspecified atom stereocenters. The predicted octanol–water partition coefficient (Wildman–Crippen LogP) is 2.71. The van der Waals surface area contributed by atoms with Gasteiger partial charge in [0.15, 0.2) is 0 Å². The zero-order valence-corrected chi connectivity index (χ0v) is 21.8. The Bertz CT molecular complexity index is 1380. The van der Waals surface area contributed by atoms with Gasteiger partial charge in [0.05, 0.1) is 20.2 Å². The van der Waals surface area contributed by atoms with Gasteiger partial charge in [-0.3, -0.25) is 29.7 Å². The molecular weight excluding hydrogens is 498 g/mol. The number of methoxy groups -OCH3 is 1. The third-order valence-electron chi connectivity index (χ3n) is 7.10. The number of cyclic esters (lactones) is 1. The van der Waals surface area contributed by atoms with Crippen molar-refractivity contribution in [2.45, 2.75) is 6.10 Å². The largest absolute Gasteiger partial charge is 0.468 e. The first-order chi connectivity index (χ1) is 18.9. The molecule has 5 rings (SSSR count). The minimum atomic E-state index is -0.406. The number of nitrogens with one attached hydrogen (secondary N) is 2. The lowest BCUT2D eigenvalue weighted by Crippen LogP contribution is -2.50. The van der Waals surface area contributed by atoms with E-state index in [1.54, 1.807) is 41.3 Å². The Morgan fingerprint density at radius 2 is 1.62 bits per heavy atom. The van der Waals surface area contributed by atoms with Crippen LogP contribution < -0.4 is 10.2 Å². The number of nitrogens with zero attached hydrogens (tertiary/aromatic N) is 3. The number of anilines is 1. The molecule has 2 saturated heterocycles. The van der Waals surface area contributed by atoms with Crippen LogP contribution in [0.5, 0.6) is 0 Å². The zero-order chi connectivity index (χ0) is 27.4. The minimum Gasteiger partial charge on any atom is -0.468 e. The van der Waals surface area contributed by atoms with E-state index in [1.807, 2.05) is 30.3 Å². The van der Waals surface area contributed by atoms with E-state index in [2.05, 4.69) is 15.1 Å². The molecule has 0 aliphatic carbocycles. The van der Waals surface area contributed by atoms with E-state index in [0.29, 0.717) is 29.9 Å². The molecule has 202 valence electrons. The number of fused-ring (bicyclic) bond motifs is 1. The number of hydrogen-bond donors (Lipinski definition) is 2. The summed E-state index contributed by atoms with van der Waals surface area (Å²) in [5.74, 6) is -0.614. The molecule has 2 N–H and O–H groups in total. The number of rotatable bonds is 7. The summed E-state index contributed by atoms with van der Waals surface area (Å²) in [6.45, 7) is 4.42. The Hall–Kier alpha value is -4.28. The highest BCUT2D eigenvalue weighted by molar-refractivity contribution is 6.12. The molecular formula is C29H31N5O5. The van der Waals surface area contributed by atoms with E-state index in [-0.39, 0.29) is 30.4 Å². The summed E-state index contributed by atoms with van der Waals surface area (Å²) in [6.07, 6.45) is -0.666. The molecule has 2 amide bonds. The van der Waals surface area contributed by atoms with Gasteiger partial charge in [-0.05, 0) is 47.2 Å². The zero-order valence-electron chi connectivity index (χ0n) is 21.8. The maximum absolute atomic E-state index is 12.7. The maximum Gasteiger partial charge on any atom is 0.414 e. The summed E-state index contributed by atoms with van der Waals surface area (Å²) in [4.78, 5) is 42.6. The van der Waals surface area contributed by atoms with Crippen molar-refractivity contribution in [2.24, 2.45) is 0 Å². The molecule has 10 heteroatoms. The molecule has 0 radical (unpaired) electrons. The average Bonchev–Trinajstić information content (AvgIpc) is 3.33. The summed E-state index contributed by atoms with van der Waals surface area (Å²) in [7, 11) is 1.39. The lowest BCUT2D eigenvalue weighted by Gasteiger charge is -2.34. The van der Waals surface area contributed by atoms with Crippen molar-refractivity contribution in [3.63, 3.8) is 0 Å². The topological polar surface area (TPSA) is 115 Å². The molecule has 2 aliphatic rings. The van der Waals surface area contributed by atoms with Gasteiger partial charge in [0.2, 0.25) is 0 Å². The van der Waals surface area contributed by atoms with Crippen LogP contribution in [0.1, 0.15) is 15.9 Å². The fourth-order valence-corrected chi connectivity index (χ4v) is 4.89. The smallest absolute Gasteiger partial charge is 0.414 e. The van der Waals surface area contributed by atoms with Gasteiger partial charge < -0.3 is 14.8 Å². The van der Waals surface area contributed by atoms with Crippen LogP contribution in [0.15, 0.2) is 66.7 Å². The fraction of sp³-hybridized carbons (Fsp3) is 0.310. The van der Waals surface area contributed by atoms with Crippen LogP contribution >= 0.6 is 0 Å². The van der Waals surface area contributed by atoms with Crippen molar-refractivity contribution in [1.29, 1.82) is 5.41 Å². The van der Waals surface area contributed by atoms with Gasteiger partial charge in [0.1, 0.15) is 11.9 Å². The average molecular weight is 530 g/mol. The second kappa shape index (κ2) is 11.6. The van der Waals surface area contributed by atoms with Crippen molar-refractivity contribution in [2.75, 3.05) is 57.8 Å². The van der Waals surface area contributed by atoms with Crippen LogP contribution in [-0.2, 0) is 14.3 Å². The van der Waals surface area contributed by atoms with Gasteiger partial charge in [-0.25, -0.2) is 4.79 Å². The first-order valence-electron chi connectivity index (χ1n) is 12.9. The minimum absolute atomic E-state index is 0.0204. The summed E-state index contributed by atoms with van der Waals surface area (Å²) < 4.78 is 10.3. The third kappa shape index (κ3) is 6.24. The molecule has 2 heterocycles. The second-order valence-corrected chi connectivity index (χ2v) is 9.71.